The molecule has 1 N–H and O–H groups in total. The lowest BCUT2D eigenvalue weighted by molar-refractivity contribution is -0.127. The first-order valence-electron chi connectivity index (χ1n) is 7.67. The standard InChI is InChI=1S/C17H17IN2O3S/c18-15-3-1-14(23-15)2-4-16(21)20-8-5-13(6-9-20)19-17(22)12-7-10-24-11-12/h1-4,7,10-11,13H,5-6,8-9H2,(H,19,22)/b4-2+. The Morgan fingerprint density at radius 3 is 2.71 bits per heavy atom. The molecule has 0 spiro atoms. The molecule has 0 unspecified atom stereocenters. The summed E-state index contributed by atoms with van der Waals surface area (Å²) in [6, 6.07) is 5.63. The second-order valence-electron chi connectivity index (χ2n) is 5.56. The van der Waals surface area contributed by atoms with E-state index in [1.807, 2.05) is 29.0 Å². The molecule has 1 aliphatic heterocycles. The van der Waals surface area contributed by atoms with Crippen molar-refractivity contribution in [3.8, 4) is 0 Å². The van der Waals surface area contributed by atoms with Crippen molar-refractivity contribution in [3.05, 3.63) is 50.1 Å². The zero-order valence-corrected chi connectivity index (χ0v) is 15.9. The van der Waals surface area contributed by atoms with Crippen molar-refractivity contribution in [1.82, 2.24) is 10.2 Å². The summed E-state index contributed by atoms with van der Waals surface area (Å²) in [7, 11) is 0. The third-order valence-electron chi connectivity index (χ3n) is 3.91. The van der Waals surface area contributed by atoms with Gasteiger partial charge in [0.1, 0.15) is 5.76 Å². The largest absolute Gasteiger partial charge is 0.451 e. The van der Waals surface area contributed by atoms with Gasteiger partial charge in [0.15, 0.2) is 3.77 Å². The highest BCUT2D eigenvalue weighted by Crippen LogP contribution is 2.15. The van der Waals surface area contributed by atoms with Crippen LogP contribution in [0.25, 0.3) is 6.08 Å². The smallest absolute Gasteiger partial charge is 0.252 e. The van der Waals surface area contributed by atoms with E-state index in [-0.39, 0.29) is 17.9 Å². The lowest BCUT2D eigenvalue weighted by atomic mass is 10.0. The average molecular weight is 456 g/mol. The van der Waals surface area contributed by atoms with Crippen LogP contribution in [0.4, 0.5) is 0 Å². The van der Waals surface area contributed by atoms with Crippen molar-refractivity contribution in [2.45, 2.75) is 18.9 Å². The Kier molecular flexibility index (Phi) is 5.72. The molecule has 0 bridgehead atoms. The summed E-state index contributed by atoms with van der Waals surface area (Å²) in [5, 5.41) is 6.77. The topological polar surface area (TPSA) is 62.6 Å². The van der Waals surface area contributed by atoms with Crippen molar-refractivity contribution < 1.29 is 14.0 Å². The first-order valence-corrected chi connectivity index (χ1v) is 9.69. The average Bonchev–Trinajstić information content (AvgIpc) is 3.25. The predicted octanol–water partition coefficient (Wildman–Crippen LogP) is 3.38. The van der Waals surface area contributed by atoms with Crippen molar-refractivity contribution in [2.24, 2.45) is 0 Å². The monoisotopic (exact) mass is 456 g/mol. The maximum Gasteiger partial charge on any atom is 0.252 e. The van der Waals surface area contributed by atoms with Gasteiger partial charge < -0.3 is 14.6 Å². The molecule has 0 aliphatic carbocycles. The molecule has 3 rings (SSSR count). The maximum absolute atomic E-state index is 12.2. The summed E-state index contributed by atoms with van der Waals surface area (Å²) in [4.78, 5) is 26.1. The van der Waals surface area contributed by atoms with Gasteiger partial charge in [-0.05, 0) is 65.1 Å². The summed E-state index contributed by atoms with van der Waals surface area (Å²) in [6.45, 7) is 1.29. The Bertz CT molecular complexity index is 731. The summed E-state index contributed by atoms with van der Waals surface area (Å²) in [6.07, 6.45) is 4.77. The number of piperidine rings is 1. The number of thiophene rings is 1. The number of halogens is 1. The molecule has 24 heavy (non-hydrogen) atoms. The van der Waals surface area contributed by atoms with Crippen molar-refractivity contribution in [1.29, 1.82) is 0 Å². The van der Waals surface area contributed by atoms with Crippen LogP contribution in [0.5, 0.6) is 0 Å². The maximum atomic E-state index is 12.2. The third-order valence-corrected chi connectivity index (χ3v) is 5.17. The van der Waals surface area contributed by atoms with Crippen LogP contribution < -0.4 is 5.32 Å². The van der Waals surface area contributed by atoms with E-state index < -0.39 is 0 Å². The summed E-state index contributed by atoms with van der Waals surface area (Å²) in [5.74, 6) is 0.614. The molecule has 3 heterocycles. The number of carbonyl (C=O) groups excluding carboxylic acids is 2. The molecule has 5 nitrogen and oxygen atoms in total. The molecule has 1 saturated heterocycles. The van der Waals surface area contributed by atoms with E-state index >= 15 is 0 Å². The normalized spacial score (nSPS) is 15.8. The van der Waals surface area contributed by atoms with Crippen LogP contribution in [0.1, 0.15) is 29.0 Å². The van der Waals surface area contributed by atoms with Gasteiger partial charge in [0.25, 0.3) is 5.91 Å². The van der Waals surface area contributed by atoms with Crippen LogP contribution >= 0.6 is 33.9 Å². The molecule has 0 radical (unpaired) electrons. The molecular formula is C17H17IN2O3S. The van der Waals surface area contributed by atoms with Crippen LogP contribution in [-0.2, 0) is 4.79 Å². The molecule has 7 heteroatoms. The van der Waals surface area contributed by atoms with E-state index in [2.05, 4.69) is 27.9 Å². The molecular weight excluding hydrogens is 439 g/mol. The minimum absolute atomic E-state index is 0.0241. The van der Waals surface area contributed by atoms with Gasteiger partial charge in [-0.1, -0.05) is 0 Å². The Balaban J connectivity index is 1.47. The van der Waals surface area contributed by atoms with Gasteiger partial charge in [0, 0.05) is 36.2 Å². The fraction of sp³-hybridized carbons (Fsp3) is 0.294. The minimum Gasteiger partial charge on any atom is -0.451 e. The molecule has 126 valence electrons. The van der Waals surface area contributed by atoms with Gasteiger partial charge in [-0.3, -0.25) is 9.59 Å². The lowest BCUT2D eigenvalue weighted by Gasteiger charge is -2.31. The SMILES string of the molecule is O=C(NC1CCN(C(=O)/C=C/c2ccc(I)o2)CC1)c1ccsc1. The first-order chi connectivity index (χ1) is 11.6. The van der Waals surface area contributed by atoms with E-state index in [1.54, 1.807) is 17.1 Å². The molecule has 1 fully saturated rings. The number of nitrogens with one attached hydrogen (secondary N) is 1. The molecule has 0 saturated carbocycles. The Morgan fingerprint density at radius 1 is 1.29 bits per heavy atom. The van der Waals surface area contributed by atoms with Gasteiger partial charge in [-0.15, -0.1) is 0 Å². The predicted molar refractivity (Wildman–Crippen MR) is 102 cm³/mol. The molecule has 1 aliphatic rings. The molecule has 0 aromatic carbocycles. The van der Waals surface area contributed by atoms with E-state index in [0.29, 0.717) is 24.4 Å². The van der Waals surface area contributed by atoms with E-state index in [0.717, 1.165) is 16.6 Å². The number of furan rings is 1. The quantitative estimate of drug-likeness (QED) is 0.567. The first kappa shape index (κ1) is 17.2. The van der Waals surface area contributed by atoms with Gasteiger partial charge in [0.05, 0.1) is 0 Å². The van der Waals surface area contributed by atoms with Crippen molar-refractivity contribution >= 4 is 51.8 Å². The minimum atomic E-state index is -0.0339. The third kappa shape index (κ3) is 4.47. The highest BCUT2D eigenvalue weighted by molar-refractivity contribution is 14.1. The molecule has 2 aromatic rings. The highest BCUT2D eigenvalue weighted by atomic mass is 127. The van der Waals surface area contributed by atoms with Crippen LogP contribution in [0.15, 0.2) is 39.5 Å². The number of amides is 2. The van der Waals surface area contributed by atoms with Gasteiger partial charge >= 0.3 is 0 Å². The van der Waals surface area contributed by atoms with Gasteiger partial charge in [0.2, 0.25) is 5.91 Å². The number of hydrogen-bond acceptors (Lipinski definition) is 4. The number of carbonyl (C=O) groups is 2. The highest BCUT2D eigenvalue weighted by Gasteiger charge is 2.23. The summed E-state index contributed by atoms with van der Waals surface area (Å²) < 4.78 is 6.19. The summed E-state index contributed by atoms with van der Waals surface area (Å²) >= 11 is 3.60. The summed E-state index contributed by atoms with van der Waals surface area (Å²) in [5.41, 5.74) is 0.703. The molecule has 0 atom stereocenters. The number of rotatable bonds is 4. The lowest BCUT2D eigenvalue weighted by Crippen LogP contribution is -2.46. The fourth-order valence-corrected chi connectivity index (χ4v) is 3.65. The van der Waals surface area contributed by atoms with Gasteiger partial charge in [-0.2, -0.15) is 11.3 Å². The number of nitrogens with zero attached hydrogens (tertiary/aromatic N) is 1. The number of likely N-dealkylation sites (tertiary alicyclic amines) is 1. The van der Waals surface area contributed by atoms with Crippen LogP contribution in [-0.4, -0.2) is 35.8 Å². The van der Waals surface area contributed by atoms with Crippen LogP contribution in [0.3, 0.4) is 0 Å². The second kappa shape index (κ2) is 7.98. The van der Waals surface area contributed by atoms with Crippen molar-refractivity contribution in [3.63, 3.8) is 0 Å². The van der Waals surface area contributed by atoms with Crippen molar-refractivity contribution in [2.75, 3.05) is 13.1 Å². The Hall–Kier alpha value is -1.61. The Labute approximate surface area is 157 Å². The van der Waals surface area contributed by atoms with E-state index in [4.69, 9.17) is 4.42 Å². The van der Waals surface area contributed by atoms with Gasteiger partial charge in [-0.25, -0.2) is 0 Å². The zero-order chi connectivity index (χ0) is 16.9. The van der Waals surface area contributed by atoms with E-state index in [9.17, 15) is 9.59 Å². The fourth-order valence-electron chi connectivity index (χ4n) is 2.58. The molecule has 2 amide bonds. The Morgan fingerprint density at radius 2 is 2.08 bits per heavy atom. The zero-order valence-electron chi connectivity index (χ0n) is 12.9. The number of hydrogen-bond donors (Lipinski definition) is 1. The van der Waals surface area contributed by atoms with Crippen LogP contribution in [0.2, 0.25) is 0 Å². The second-order valence-corrected chi connectivity index (χ2v) is 7.40. The van der Waals surface area contributed by atoms with Crippen LogP contribution in [0, 0.1) is 3.77 Å². The molecule has 2 aromatic heterocycles. The van der Waals surface area contributed by atoms with E-state index in [1.165, 1.54) is 11.3 Å².